The number of ether oxygens (including phenoxy) is 1. The second-order valence-electron chi connectivity index (χ2n) is 6.21. The van der Waals surface area contributed by atoms with Gasteiger partial charge in [0.2, 0.25) is 6.08 Å². The number of hydrogen-bond donors (Lipinski definition) is 1. The summed E-state index contributed by atoms with van der Waals surface area (Å²) in [5.41, 5.74) is -0.447. The fourth-order valence-corrected chi connectivity index (χ4v) is 2.10. The van der Waals surface area contributed by atoms with Crippen LogP contribution < -0.4 is 5.32 Å². The molecule has 5 nitrogen and oxygen atoms in total. The minimum absolute atomic E-state index is 0.0182. The fraction of sp³-hybridized carbons (Fsp3) is 0.500. The standard InChI is InChI=1S/C16H10F12N2O3/c1-7-8(29-6-31)3-2-4-9(7)30-11(32)33-5-12(19,20)14(23,24)16(27,28)15(25,26)13(21,22)10(17)18/h2-4,10H,5H2,1H3,(H,30,32). The second-order valence-corrected chi connectivity index (χ2v) is 6.21. The van der Waals surface area contributed by atoms with Crippen LogP contribution in [0, 0.1) is 6.92 Å². The van der Waals surface area contributed by atoms with Crippen LogP contribution in [0.15, 0.2) is 23.2 Å². The molecule has 0 atom stereocenters. The maximum Gasteiger partial charge on any atom is 0.411 e. The number of nitrogens with one attached hydrogen (secondary N) is 1. The van der Waals surface area contributed by atoms with Gasteiger partial charge in [0.15, 0.2) is 6.61 Å². The Balaban J connectivity index is 3.10. The van der Waals surface area contributed by atoms with Gasteiger partial charge in [0.1, 0.15) is 0 Å². The van der Waals surface area contributed by atoms with Crippen molar-refractivity contribution in [2.24, 2.45) is 4.99 Å². The molecule has 1 rings (SSSR count). The quantitative estimate of drug-likeness (QED) is 0.256. The molecule has 0 heterocycles. The van der Waals surface area contributed by atoms with E-state index in [0.717, 1.165) is 18.2 Å². The van der Waals surface area contributed by atoms with Crippen LogP contribution in [-0.2, 0) is 9.53 Å². The van der Waals surface area contributed by atoms with Crippen LogP contribution in [0.4, 0.5) is 68.9 Å². The van der Waals surface area contributed by atoms with Crippen molar-refractivity contribution in [3.8, 4) is 0 Å². The smallest absolute Gasteiger partial charge is 0.411 e. The van der Waals surface area contributed by atoms with Gasteiger partial charge in [-0.05, 0) is 24.6 Å². The summed E-state index contributed by atoms with van der Waals surface area (Å²) < 4.78 is 160. The van der Waals surface area contributed by atoms with Gasteiger partial charge in [0, 0.05) is 5.69 Å². The van der Waals surface area contributed by atoms with Gasteiger partial charge in [-0.2, -0.15) is 48.9 Å². The van der Waals surface area contributed by atoms with Crippen molar-refractivity contribution in [1.82, 2.24) is 0 Å². The van der Waals surface area contributed by atoms with E-state index in [2.05, 4.69) is 9.73 Å². The van der Waals surface area contributed by atoms with Crippen molar-refractivity contribution in [2.45, 2.75) is 43.0 Å². The molecular weight excluding hydrogens is 496 g/mol. The van der Waals surface area contributed by atoms with Crippen LogP contribution in [0.1, 0.15) is 5.56 Å². The molecule has 0 aliphatic heterocycles. The lowest BCUT2D eigenvalue weighted by atomic mass is 9.94. The predicted molar refractivity (Wildman–Crippen MR) is 84.7 cm³/mol. The van der Waals surface area contributed by atoms with Gasteiger partial charge in [-0.15, -0.1) is 0 Å². The zero-order valence-electron chi connectivity index (χ0n) is 15.7. The number of carbonyl (C=O) groups excluding carboxylic acids is 2. The van der Waals surface area contributed by atoms with Crippen molar-refractivity contribution in [1.29, 1.82) is 0 Å². The Kier molecular flexibility index (Phi) is 7.75. The number of isocyanates is 1. The van der Waals surface area contributed by atoms with E-state index >= 15 is 0 Å². The highest BCUT2D eigenvalue weighted by Gasteiger charge is 2.87. The Morgan fingerprint density at radius 3 is 2.03 bits per heavy atom. The van der Waals surface area contributed by atoms with E-state index in [1.54, 1.807) is 5.32 Å². The number of anilines is 1. The van der Waals surface area contributed by atoms with Crippen molar-refractivity contribution in [3.05, 3.63) is 23.8 Å². The minimum atomic E-state index is -7.72. The Morgan fingerprint density at radius 2 is 1.55 bits per heavy atom. The normalized spacial score (nSPS) is 13.5. The molecule has 33 heavy (non-hydrogen) atoms. The zero-order chi connectivity index (χ0) is 26.0. The number of halogens is 12. The molecule has 1 aromatic carbocycles. The van der Waals surface area contributed by atoms with Gasteiger partial charge in [0.05, 0.1) is 5.69 Å². The summed E-state index contributed by atoms with van der Waals surface area (Å²) in [7, 11) is 0. The fourth-order valence-electron chi connectivity index (χ4n) is 2.10. The third kappa shape index (κ3) is 4.86. The van der Waals surface area contributed by atoms with Crippen LogP contribution in [0.25, 0.3) is 0 Å². The lowest BCUT2D eigenvalue weighted by molar-refractivity contribution is -0.414. The molecule has 186 valence electrons. The Morgan fingerprint density at radius 1 is 1.00 bits per heavy atom. The Labute approximate surface area is 175 Å². The largest absolute Gasteiger partial charge is 0.443 e. The molecule has 0 saturated carbocycles. The summed E-state index contributed by atoms with van der Waals surface area (Å²) in [5, 5.41) is 1.66. The molecule has 0 aromatic heterocycles. The van der Waals surface area contributed by atoms with Gasteiger partial charge in [-0.25, -0.2) is 18.4 Å². The minimum Gasteiger partial charge on any atom is -0.443 e. The number of amides is 1. The highest BCUT2D eigenvalue weighted by Crippen LogP contribution is 2.58. The molecular formula is C16H10F12N2O3. The first kappa shape index (κ1) is 28.1. The predicted octanol–water partition coefficient (Wildman–Crippen LogP) is 5.95. The van der Waals surface area contributed by atoms with Crippen molar-refractivity contribution in [2.75, 3.05) is 11.9 Å². The molecule has 0 spiro atoms. The number of aliphatic imine (C=N–C) groups is 1. The summed E-state index contributed by atoms with van der Waals surface area (Å²) >= 11 is 0. The van der Waals surface area contributed by atoms with E-state index in [0.29, 0.717) is 0 Å². The van der Waals surface area contributed by atoms with Gasteiger partial charge >= 0.3 is 42.1 Å². The van der Waals surface area contributed by atoms with Crippen molar-refractivity contribution in [3.63, 3.8) is 0 Å². The van der Waals surface area contributed by atoms with Crippen LogP contribution in [-0.4, -0.2) is 54.8 Å². The van der Waals surface area contributed by atoms with Crippen LogP contribution in [0.3, 0.4) is 0 Å². The maximum absolute atomic E-state index is 13.6. The summed E-state index contributed by atoms with van der Waals surface area (Å²) in [4.78, 5) is 25.0. The number of benzene rings is 1. The van der Waals surface area contributed by atoms with Gasteiger partial charge < -0.3 is 4.74 Å². The van der Waals surface area contributed by atoms with Crippen molar-refractivity contribution >= 4 is 23.5 Å². The molecule has 0 fully saturated rings. The van der Waals surface area contributed by atoms with Crippen LogP contribution in [0.5, 0.6) is 0 Å². The highest BCUT2D eigenvalue weighted by atomic mass is 19.4. The molecule has 0 bridgehead atoms. The SMILES string of the molecule is Cc1c(N=C=O)cccc1NC(=O)OCC(F)(F)C(F)(F)C(F)(F)C(F)(F)C(F)(F)C(F)F. The molecule has 0 aliphatic carbocycles. The second kappa shape index (κ2) is 9.11. The van der Waals surface area contributed by atoms with E-state index in [1.165, 1.54) is 13.0 Å². The molecule has 0 radical (unpaired) electrons. The molecule has 0 saturated heterocycles. The van der Waals surface area contributed by atoms with E-state index in [1.807, 2.05) is 0 Å². The third-order valence-corrected chi connectivity index (χ3v) is 4.03. The average molecular weight is 506 g/mol. The topological polar surface area (TPSA) is 67.8 Å². The molecule has 0 unspecified atom stereocenters. The lowest BCUT2D eigenvalue weighted by Crippen LogP contribution is -2.69. The van der Waals surface area contributed by atoms with E-state index in [4.69, 9.17) is 0 Å². The van der Waals surface area contributed by atoms with E-state index < -0.39 is 48.7 Å². The first-order chi connectivity index (χ1) is 14.8. The first-order valence-electron chi connectivity index (χ1n) is 8.06. The average Bonchev–Trinajstić information content (AvgIpc) is 2.69. The zero-order valence-corrected chi connectivity index (χ0v) is 15.7. The van der Waals surface area contributed by atoms with Gasteiger partial charge in [0.25, 0.3) is 0 Å². The van der Waals surface area contributed by atoms with Crippen molar-refractivity contribution < 1.29 is 67.0 Å². The van der Waals surface area contributed by atoms with Crippen LogP contribution >= 0.6 is 0 Å². The summed E-state index contributed by atoms with van der Waals surface area (Å²) in [6.07, 6.45) is -6.53. The Hall–Kier alpha value is -2.97. The Bertz CT molecular complexity index is 929. The maximum atomic E-state index is 13.6. The van der Waals surface area contributed by atoms with Crippen LogP contribution in [0.2, 0.25) is 0 Å². The number of nitrogens with zero attached hydrogens (tertiary/aromatic N) is 1. The molecule has 1 N–H and O–H groups in total. The molecule has 0 aliphatic rings. The molecule has 17 heteroatoms. The monoisotopic (exact) mass is 506 g/mol. The van der Waals surface area contributed by atoms with E-state index in [-0.39, 0.29) is 16.9 Å². The van der Waals surface area contributed by atoms with Gasteiger partial charge in [-0.1, -0.05) is 6.07 Å². The molecule has 1 amide bonds. The summed E-state index contributed by atoms with van der Waals surface area (Å²) in [6, 6.07) is 3.41. The molecule has 1 aromatic rings. The number of alkyl halides is 12. The summed E-state index contributed by atoms with van der Waals surface area (Å²) in [6.45, 7) is -1.84. The van der Waals surface area contributed by atoms with Gasteiger partial charge in [-0.3, -0.25) is 5.32 Å². The number of carbonyl (C=O) groups is 1. The lowest BCUT2D eigenvalue weighted by Gasteiger charge is -2.38. The number of hydrogen-bond acceptors (Lipinski definition) is 4. The number of rotatable bonds is 9. The van der Waals surface area contributed by atoms with E-state index in [9.17, 15) is 62.3 Å². The third-order valence-electron chi connectivity index (χ3n) is 4.03. The first-order valence-corrected chi connectivity index (χ1v) is 8.06. The highest BCUT2D eigenvalue weighted by molar-refractivity contribution is 5.87. The summed E-state index contributed by atoms with van der Waals surface area (Å²) in [5.74, 6) is -36.3.